The van der Waals surface area contributed by atoms with E-state index < -0.39 is 0 Å². The molecule has 0 bridgehead atoms. The SMILES string of the molecule is COc1ccccc1NC(=O)c1cncc(C(=O)NC(C)C)c1. The first-order valence-electron chi connectivity index (χ1n) is 7.21. The fourth-order valence-electron chi connectivity index (χ4n) is 1.98. The van der Waals surface area contributed by atoms with Gasteiger partial charge in [-0.25, -0.2) is 0 Å². The summed E-state index contributed by atoms with van der Waals surface area (Å²) in [5.41, 5.74) is 1.19. The second-order valence-corrected chi connectivity index (χ2v) is 5.24. The lowest BCUT2D eigenvalue weighted by molar-refractivity contribution is 0.0942. The zero-order valence-electron chi connectivity index (χ0n) is 13.3. The number of pyridine rings is 1. The molecule has 1 aromatic heterocycles. The molecule has 2 amide bonds. The minimum absolute atomic E-state index is 0.00793. The van der Waals surface area contributed by atoms with Crippen LogP contribution >= 0.6 is 0 Å². The van der Waals surface area contributed by atoms with Crippen molar-refractivity contribution < 1.29 is 14.3 Å². The summed E-state index contributed by atoms with van der Waals surface area (Å²) in [6, 6.07) is 8.61. The van der Waals surface area contributed by atoms with Crippen molar-refractivity contribution in [3.63, 3.8) is 0 Å². The number of hydrogen-bond donors (Lipinski definition) is 2. The Kier molecular flexibility index (Phi) is 5.30. The van der Waals surface area contributed by atoms with Crippen molar-refractivity contribution in [2.45, 2.75) is 19.9 Å². The summed E-state index contributed by atoms with van der Waals surface area (Å²) < 4.78 is 5.19. The Hall–Kier alpha value is -2.89. The molecular weight excluding hydrogens is 294 g/mol. The van der Waals surface area contributed by atoms with E-state index >= 15 is 0 Å². The molecule has 6 nitrogen and oxygen atoms in total. The third-order valence-corrected chi connectivity index (χ3v) is 3.04. The Bertz CT molecular complexity index is 714. The van der Waals surface area contributed by atoms with Gasteiger partial charge in [-0.15, -0.1) is 0 Å². The van der Waals surface area contributed by atoms with Gasteiger partial charge in [0.15, 0.2) is 0 Å². The molecule has 0 saturated carbocycles. The number of hydrogen-bond acceptors (Lipinski definition) is 4. The summed E-state index contributed by atoms with van der Waals surface area (Å²) >= 11 is 0. The minimum Gasteiger partial charge on any atom is -0.495 e. The lowest BCUT2D eigenvalue weighted by Crippen LogP contribution is -2.30. The van der Waals surface area contributed by atoms with Gasteiger partial charge in [-0.2, -0.15) is 0 Å². The number of methoxy groups -OCH3 is 1. The summed E-state index contributed by atoms with van der Waals surface area (Å²) in [5, 5.41) is 5.51. The first-order valence-corrected chi connectivity index (χ1v) is 7.21. The fourth-order valence-corrected chi connectivity index (χ4v) is 1.98. The average Bonchev–Trinajstić information content (AvgIpc) is 2.55. The number of amides is 2. The van der Waals surface area contributed by atoms with Gasteiger partial charge in [0.05, 0.1) is 23.9 Å². The molecule has 0 aliphatic carbocycles. The number of para-hydroxylation sites is 2. The molecule has 120 valence electrons. The first kappa shape index (κ1) is 16.5. The summed E-state index contributed by atoms with van der Waals surface area (Å²) in [7, 11) is 1.53. The average molecular weight is 313 g/mol. The number of benzene rings is 1. The quantitative estimate of drug-likeness (QED) is 0.888. The van der Waals surface area contributed by atoms with Gasteiger partial charge >= 0.3 is 0 Å². The summed E-state index contributed by atoms with van der Waals surface area (Å²) in [4.78, 5) is 28.3. The predicted molar refractivity (Wildman–Crippen MR) is 87.8 cm³/mol. The van der Waals surface area contributed by atoms with Crippen molar-refractivity contribution in [1.82, 2.24) is 10.3 Å². The Morgan fingerprint density at radius 3 is 2.39 bits per heavy atom. The Labute approximate surface area is 134 Å². The van der Waals surface area contributed by atoms with Crippen LogP contribution in [-0.4, -0.2) is 29.9 Å². The molecule has 0 radical (unpaired) electrons. The molecule has 0 unspecified atom stereocenters. The number of ether oxygens (including phenoxy) is 1. The van der Waals surface area contributed by atoms with E-state index in [1.807, 2.05) is 19.9 Å². The number of rotatable bonds is 5. The maximum atomic E-state index is 12.3. The minimum atomic E-state index is -0.360. The molecule has 0 fully saturated rings. The molecule has 2 rings (SSSR count). The van der Waals surface area contributed by atoms with Crippen LogP contribution in [0.3, 0.4) is 0 Å². The van der Waals surface area contributed by atoms with Crippen LogP contribution in [0.15, 0.2) is 42.7 Å². The van der Waals surface area contributed by atoms with Gasteiger partial charge in [0.1, 0.15) is 5.75 Å². The molecule has 0 aliphatic rings. The monoisotopic (exact) mass is 313 g/mol. The van der Waals surface area contributed by atoms with Crippen molar-refractivity contribution in [2.75, 3.05) is 12.4 Å². The van der Waals surface area contributed by atoms with Gasteiger partial charge in [0.25, 0.3) is 11.8 Å². The largest absolute Gasteiger partial charge is 0.495 e. The molecule has 1 heterocycles. The van der Waals surface area contributed by atoms with Crippen LogP contribution in [0.25, 0.3) is 0 Å². The predicted octanol–water partition coefficient (Wildman–Crippen LogP) is 2.48. The van der Waals surface area contributed by atoms with Crippen LogP contribution in [-0.2, 0) is 0 Å². The molecule has 6 heteroatoms. The Morgan fingerprint density at radius 1 is 1.09 bits per heavy atom. The molecule has 23 heavy (non-hydrogen) atoms. The van der Waals surface area contributed by atoms with Crippen molar-refractivity contribution >= 4 is 17.5 Å². The topological polar surface area (TPSA) is 80.3 Å². The zero-order chi connectivity index (χ0) is 16.8. The van der Waals surface area contributed by atoms with Crippen molar-refractivity contribution in [1.29, 1.82) is 0 Å². The van der Waals surface area contributed by atoms with Crippen molar-refractivity contribution in [2.24, 2.45) is 0 Å². The maximum absolute atomic E-state index is 12.3. The fraction of sp³-hybridized carbons (Fsp3) is 0.235. The number of nitrogens with zero attached hydrogens (tertiary/aromatic N) is 1. The molecule has 2 N–H and O–H groups in total. The number of carbonyl (C=O) groups excluding carboxylic acids is 2. The van der Waals surface area contributed by atoms with Gasteiger partial charge < -0.3 is 15.4 Å². The van der Waals surface area contributed by atoms with E-state index in [0.717, 1.165) is 0 Å². The smallest absolute Gasteiger partial charge is 0.257 e. The molecular formula is C17H19N3O3. The second-order valence-electron chi connectivity index (χ2n) is 5.24. The normalized spacial score (nSPS) is 10.3. The Morgan fingerprint density at radius 2 is 1.74 bits per heavy atom. The van der Waals surface area contributed by atoms with Crippen LogP contribution in [0.1, 0.15) is 34.6 Å². The van der Waals surface area contributed by atoms with E-state index in [1.54, 1.807) is 18.2 Å². The number of anilines is 1. The van der Waals surface area contributed by atoms with E-state index in [-0.39, 0.29) is 17.9 Å². The summed E-state index contributed by atoms with van der Waals surface area (Å²) in [6.07, 6.45) is 2.84. The highest BCUT2D eigenvalue weighted by Crippen LogP contribution is 2.23. The van der Waals surface area contributed by atoms with E-state index in [1.165, 1.54) is 25.6 Å². The highest BCUT2D eigenvalue weighted by Gasteiger charge is 2.13. The zero-order valence-corrected chi connectivity index (χ0v) is 13.3. The van der Waals surface area contributed by atoms with E-state index in [0.29, 0.717) is 22.6 Å². The number of carbonyl (C=O) groups is 2. The standard InChI is InChI=1S/C17H19N3O3/c1-11(2)19-16(21)12-8-13(10-18-9-12)17(22)20-14-6-4-5-7-15(14)23-3/h4-11H,1-3H3,(H,19,21)(H,20,22). The maximum Gasteiger partial charge on any atom is 0.257 e. The third-order valence-electron chi connectivity index (χ3n) is 3.04. The van der Waals surface area contributed by atoms with Gasteiger partial charge in [-0.05, 0) is 32.0 Å². The van der Waals surface area contributed by atoms with Gasteiger partial charge in [0.2, 0.25) is 0 Å². The van der Waals surface area contributed by atoms with Crippen LogP contribution < -0.4 is 15.4 Å². The summed E-state index contributed by atoms with van der Waals surface area (Å²) in [5.74, 6) is -0.0665. The molecule has 0 atom stereocenters. The first-order chi connectivity index (χ1) is 11.0. The summed E-state index contributed by atoms with van der Waals surface area (Å²) in [6.45, 7) is 3.73. The molecule has 0 aliphatic heterocycles. The highest BCUT2D eigenvalue weighted by atomic mass is 16.5. The molecule has 0 saturated heterocycles. The molecule has 0 spiro atoms. The number of nitrogens with one attached hydrogen (secondary N) is 2. The lowest BCUT2D eigenvalue weighted by atomic mass is 10.1. The van der Waals surface area contributed by atoms with E-state index in [9.17, 15) is 9.59 Å². The van der Waals surface area contributed by atoms with Crippen LogP contribution in [0.2, 0.25) is 0 Å². The second kappa shape index (κ2) is 7.40. The van der Waals surface area contributed by atoms with Gasteiger partial charge in [0, 0.05) is 18.4 Å². The van der Waals surface area contributed by atoms with Crippen molar-refractivity contribution in [3.05, 3.63) is 53.9 Å². The third kappa shape index (κ3) is 4.29. The Balaban J connectivity index is 2.18. The van der Waals surface area contributed by atoms with Crippen LogP contribution in [0.4, 0.5) is 5.69 Å². The number of aromatic nitrogens is 1. The van der Waals surface area contributed by atoms with E-state index in [4.69, 9.17) is 4.74 Å². The van der Waals surface area contributed by atoms with E-state index in [2.05, 4.69) is 15.6 Å². The lowest BCUT2D eigenvalue weighted by Gasteiger charge is -2.11. The van der Waals surface area contributed by atoms with Crippen LogP contribution in [0, 0.1) is 0 Å². The van der Waals surface area contributed by atoms with Gasteiger partial charge in [-0.3, -0.25) is 14.6 Å². The van der Waals surface area contributed by atoms with Crippen molar-refractivity contribution in [3.8, 4) is 5.75 Å². The van der Waals surface area contributed by atoms with Crippen LogP contribution in [0.5, 0.6) is 5.75 Å². The molecule has 1 aromatic carbocycles. The van der Waals surface area contributed by atoms with Gasteiger partial charge in [-0.1, -0.05) is 12.1 Å². The highest BCUT2D eigenvalue weighted by molar-refractivity contribution is 6.06. The molecule has 2 aromatic rings.